The Morgan fingerprint density at radius 1 is 1.26 bits per heavy atom. The lowest BCUT2D eigenvalue weighted by Crippen LogP contribution is -2.18. The number of rotatable bonds is 8. The maximum atomic E-state index is 11.6. The van der Waals surface area contributed by atoms with Crippen LogP contribution in [0.2, 0.25) is 0 Å². The number of carbonyl (C=O) groups is 1. The highest BCUT2D eigenvalue weighted by Gasteiger charge is 2.04. The second-order valence-electron chi connectivity index (χ2n) is 4.83. The Balaban J connectivity index is 2.49. The second kappa shape index (κ2) is 8.51. The molecule has 0 fully saturated rings. The molecule has 4 nitrogen and oxygen atoms in total. The summed E-state index contributed by atoms with van der Waals surface area (Å²) in [5.74, 6) is 0.676. The van der Waals surface area contributed by atoms with Crippen molar-refractivity contribution in [1.82, 2.24) is 4.98 Å². The molecule has 0 radical (unpaired) electrons. The Labute approximate surface area is 116 Å². The van der Waals surface area contributed by atoms with Gasteiger partial charge in [0.15, 0.2) is 0 Å². The van der Waals surface area contributed by atoms with Crippen molar-refractivity contribution in [1.29, 1.82) is 0 Å². The van der Waals surface area contributed by atoms with Crippen LogP contribution < -0.4 is 10.2 Å². The average molecular weight is 263 g/mol. The quantitative estimate of drug-likeness (QED) is 0.781. The fourth-order valence-corrected chi connectivity index (χ4v) is 1.75. The van der Waals surface area contributed by atoms with E-state index in [1.807, 2.05) is 18.3 Å². The summed E-state index contributed by atoms with van der Waals surface area (Å²) in [6, 6.07) is 3.86. The van der Waals surface area contributed by atoms with Crippen LogP contribution in [-0.4, -0.2) is 24.5 Å². The molecule has 0 aliphatic rings. The lowest BCUT2D eigenvalue weighted by atomic mass is 10.2. The Kier molecular flexibility index (Phi) is 6.93. The van der Waals surface area contributed by atoms with Crippen molar-refractivity contribution in [2.75, 3.05) is 23.8 Å². The van der Waals surface area contributed by atoms with Crippen molar-refractivity contribution in [3.63, 3.8) is 0 Å². The van der Waals surface area contributed by atoms with Crippen molar-refractivity contribution >= 4 is 17.4 Å². The molecule has 0 unspecified atom stereocenters. The molecule has 4 heteroatoms. The fraction of sp³-hybridized carbons (Fsp3) is 0.600. The molecule has 1 heterocycles. The molecule has 0 atom stereocenters. The van der Waals surface area contributed by atoms with Crippen LogP contribution in [0.25, 0.3) is 0 Å². The molecule has 1 amide bonds. The molecule has 0 aliphatic heterocycles. The van der Waals surface area contributed by atoms with Crippen LogP contribution in [0.1, 0.15) is 46.0 Å². The second-order valence-corrected chi connectivity index (χ2v) is 4.83. The van der Waals surface area contributed by atoms with E-state index in [0.717, 1.165) is 25.1 Å². The van der Waals surface area contributed by atoms with E-state index in [2.05, 4.69) is 36.1 Å². The standard InChI is InChI=1S/C15H25N3O/c1-4-6-8-15(19)17-14-10-9-13(12-16-14)18(3)11-7-5-2/h9-10,12H,4-8,11H2,1-3H3,(H,16,17,19). The monoisotopic (exact) mass is 263 g/mol. The molecule has 0 saturated heterocycles. The molecule has 0 bridgehead atoms. The Morgan fingerprint density at radius 3 is 2.58 bits per heavy atom. The topological polar surface area (TPSA) is 45.2 Å². The molecular formula is C15H25N3O. The summed E-state index contributed by atoms with van der Waals surface area (Å²) in [5, 5.41) is 2.82. The molecule has 0 aromatic carbocycles. The third kappa shape index (κ3) is 5.73. The summed E-state index contributed by atoms with van der Waals surface area (Å²) in [5.41, 5.74) is 1.08. The minimum absolute atomic E-state index is 0.0430. The van der Waals surface area contributed by atoms with Crippen LogP contribution in [0.15, 0.2) is 18.3 Å². The number of carbonyl (C=O) groups excluding carboxylic acids is 1. The lowest BCUT2D eigenvalue weighted by Gasteiger charge is -2.18. The molecule has 1 N–H and O–H groups in total. The molecule has 1 rings (SSSR count). The van der Waals surface area contributed by atoms with Gasteiger partial charge in [0, 0.05) is 20.0 Å². The first-order valence-corrected chi connectivity index (χ1v) is 7.14. The number of amides is 1. The summed E-state index contributed by atoms with van der Waals surface area (Å²) >= 11 is 0. The van der Waals surface area contributed by atoms with Gasteiger partial charge in [0.2, 0.25) is 5.91 Å². The SMILES string of the molecule is CCCCC(=O)Nc1ccc(N(C)CCCC)cn1. The van der Waals surface area contributed by atoms with E-state index < -0.39 is 0 Å². The van der Waals surface area contributed by atoms with Crippen molar-refractivity contribution < 1.29 is 4.79 Å². The molecule has 1 aromatic rings. The van der Waals surface area contributed by atoms with Crippen LogP contribution in [0.3, 0.4) is 0 Å². The molecule has 1 aromatic heterocycles. The fourth-order valence-electron chi connectivity index (χ4n) is 1.75. The van der Waals surface area contributed by atoms with E-state index in [1.54, 1.807) is 0 Å². The van der Waals surface area contributed by atoms with Crippen molar-refractivity contribution in [3.05, 3.63) is 18.3 Å². The minimum Gasteiger partial charge on any atom is -0.373 e. The van der Waals surface area contributed by atoms with Gasteiger partial charge in [0.1, 0.15) is 5.82 Å². The zero-order valence-corrected chi connectivity index (χ0v) is 12.3. The van der Waals surface area contributed by atoms with Crippen LogP contribution >= 0.6 is 0 Å². The van der Waals surface area contributed by atoms with Gasteiger partial charge in [0.05, 0.1) is 11.9 Å². The summed E-state index contributed by atoms with van der Waals surface area (Å²) in [6.45, 7) is 5.29. The normalized spacial score (nSPS) is 10.3. The van der Waals surface area contributed by atoms with Crippen LogP contribution in [0.5, 0.6) is 0 Å². The number of aromatic nitrogens is 1. The first-order valence-electron chi connectivity index (χ1n) is 7.14. The molecule has 106 valence electrons. The number of nitrogens with one attached hydrogen (secondary N) is 1. The summed E-state index contributed by atoms with van der Waals surface area (Å²) < 4.78 is 0. The van der Waals surface area contributed by atoms with Gasteiger partial charge >= 0.3 is 0 Å². The molecule has 0 saturated carbocycles. The number of hydrogen-bond acceptors (Lipinski definition) is 3. The number of nitrogens with zero attached hydrogens (tertiary/aromatic N) is 2. The van der Waals surface area contributed by atoms with Gasteiger partial charge in [-0.15, -0.1) is 0 Å². The van der Waals surface area contributed by atoms with Gasteiger partial charge in [-0.25, -0.2) is 4.98 Å². The van der Waals surface area contributed by atoms with Crippen molar-refractivity contribution in [2.24, 2.45) is 0 Å². The van der Waals surface area contributed by atoms with E-state index in [4.69, 9.17) is 0 Å². The van der Waals surface area contributed by atoms with E-state index in [1.165, 1.54) is 12.8 Å². The third-order valence-corrected chi connectivity index (χ3v) is 3.06. The molecule has 19 heavy (non-hydrogen) atoms. The predicted octanol–water partition coefficient (Wildman–Crippen LogP) is 3.45. The Bertz CT molecular complexity index is 375. The van der Waals surface area contributed by atoms with Crippen LogP contribution in [0, 0.1) is 0 Å². The summed E-state index contributed by atoms with van der Waals surface area (Å²) in [6.07, 6.45) is 6.68. The summed E-state index contributed by atoms with van der Waals surface area (Å²) in [4.78, 5) is 18.0. The summed E-state index contributed by atoms with van der Waals surface area (Å²) in [7, 11) is 2.06. The highest BCUT2D eigenvalue weighted by atomic mass is 16.1. The largest absolute Gasteiger partial charge is 0.373 e. The number of unbranched alkanes of at least 4 members (excludes halogenated alkanes) is 2. The van der Waals surface area contributed by atoms with Gasteiger partial charge in [-0.2, -0.15) is 0 Å². The van der Waals surface area contributed by atoms with Gasteiger partial charge in [-0.3, -0.25) is 4.79 Å². The number of anilines is 2. The van der Waals surface area contributed by atoms with Crippen molar-refractivity contribution in [2.45, 2.75) is 46.0 Å². The van der Waals surface area contributed by atoms with Gasteiger partial charge in [0.25, 0.3) is 0 Å². The molecule has 0 spiro atoms. The first-order chi connectivity index (χ1) is 9.17. The number of hydrogen-bond donors (Lipinski definition) is 1. The van der Waals surface area contributed by atoms with Gasteiger partial charge < -0.3 is 10.2 Å². The lowest BCUT2D eigenvalue weighted by molar-refractivity contribution is -0.116. The average Bonchev–Trinajstić information content (AvgIpc) is 2.43. The molecular weight excluding hydrogens is 238 g/mol. The predicted molar refractivity (Wildman–Crippen MR) is 80.6 cm³/mol. The highest BCUT2D eigenvalue weighted by Crippen LogP contribution is 2.14. The molecule has 0 aliphatic carbocycles. The maximum absolute atomic E-state index is 11.6. The smallest absolute Gasteiger partial charge is 0.225 e. The minimum atomic E-state index is 0.0430. The van der Waals surface area contributed by atoms with Crippen molar-refractivity contribution in [3.8, 4) is 0 Å². The highest BCUT2D eigenvalue weighted by molar-refractivity contribution is 5.89. The van der Waals surface area contributed by atoms with Gasteiger partial charge in [-0.05, 0) is 25.0 Å². The zero-order chi connectivity index (χ0) is 14.1. The van der Waals surface area contributed by atoms with E-state index in [0.29, 0.717) is 12.2 Å². The van der Waals surface area contributed by atoms with Crippen LogP contribution in [-0.2, 0) is 4.79 Å². The van der Waals surface area contributed by atoms with Crippen LogP contribution in [0.4, 0.5) is 11.5 Å². The van der Waals surface area contributed by atoms with E-state index in [-0.39, 0.29) is 5.91 Å². The zero-order valence-electron chi connectivity index (χ0n) is 12.3. The maximum Gasteiger partial charge on any atom is 0.225 e. The Morgan fingerprint density at radius 2 is 2.00 bits per heavy atom. The third-order valence-electron chi connectivity index (χ3n) is 3.06. The number of pyridine rings is 1. The Hall–Kier alpha value is -1.58. The van der Waals surface area contributed by atoms with Gasteiger partial charge in [-0.1, -0.05) is 26.7 Å². The van der Waals surface area contributed by atoms with E-state index >= 15 is 0 Å². The van der Waals surface area contributed by atoms with E-state index in [9.17, 15) is 4.79 Å². The first kappa shape index (κ1) is 15.5.